The molecule has 0 spiro atoms. The van der Waals surface area contributed by atoms with Gasteiger partial charge in [0.05, 0.1) is 12.7 Å². The van der Waals surface area contributed by atoms with E-state index in [9.17, 15) is 9.18 Å². The van der Waals surface area contributed by atoms with Crippen molar-refractivity contribution < 1.29 is 13.9 Å². The summed E-state index contributed by atoms with van der Waals surface area (Å²) in [5.74, 6) is 0.254. The number of benzene rings is 2. The van der Waals surface area contributed by atoms with Crippen molar-refractivity contribution >= 4 is 18.3 Å². The van der Waals surface area contributed by atoms with E-state index in [0.29, 0.717) is 5.92 Å². The van der Waals surface area contributed by atoms with Gasteiger partial charge in [0, 0.05) is 12.6 Å². The first-order chi connectivity index (χ1) is 12.1. The maximum Gasteiger partial charge on any atom is 0.254 e. The second-order valence-corrected chi connectivity index (χ2v) is 6.47. The largest absolute Gasteiger partial charge is 0.497 e. The normalized spacial score (nSPS) is 19.3. The minimum atomic E-state index is -0.512. The summed E-state index contributed by atoms with van der Waals surface area (Å²) in [6, 6.07) is 12.1. The Morgan fingerprint density at radius 3 is 2.50 bits per heavy atom. The number of carbonyl (C=O) groups is 1. The molecule has 1 heterocycles. The molecule has 1 aliphatic rings. The molecule has 26 heavy (non-hydrogen) atoms. The minimum absolute atomic E-state index is 0. The molecule has 0 saturated carbocycles. The zero-order valence-corrected chi connectivity index (χ0v) is 15.7. The van der Waals surface area contributed by atoms with E-state index in [4.69, 9.17) is 4.74 Å². The molecule has 2 aromatic rings. The van der Waals surface area contributed by atoms with Crippen LogP contribution in [0, 0.1) is 11.7 Å². The lowest BCUT2D eigenvalue weighted by atomic mass is 9.94. The highest BCUT2D eigenvalue weighted by Crippen LogP contribution is 2.24. The molecule has 1 saturated heterocycles. The molecule has 1 aliphatic heterocycles. The molecule has 0 aromatic heterocycles. The molecular formula is C20H24ClFN2O2. The van der Waals surface area contributed by atoms with Gasteiger partial charge in [-0.15, -0.1) is 12.4 Å². The van der Waals surface area contributed by atoms with Crippen LogP contribution in [-0.4, -0.2) is 32.1 Å². The first kappa shape index (κ1) is 20.2. The highest BCUT2D eigenvalue weighted by Gasteiger charge is 2.24. The first-order valence-electron chi connectivity index (χ1n) is 8.54. The average Bonchev–Trinajstić information content (AvgIpc) is 2.63. The monoisotopic (exact) mass is 378 g/mol. The topological polar surface area (TPSA) is 50.4 Å². The van der Waals surface area contributed by atoms with Gasteiger partial charge in [0.25, 0.3) is 5.91 Å². The summed E-state index contributed by atoms with van der Waals surface area (Å²) in [6.45, 7) is 3.78. The van der Waals surface area contributed by atoms with Gasteiger partial charge in [-0.2, -0.15) is 0 Å². The standard InChI is InChI=1S/C20H23FN2O2.ClH/c1-13-9-10-22-12-19(13)23-20(24)17-8-5-15(11-18(17)21)14-3-6-16(25-2)7-4-14;/h3-8,11,13,19,22H,9-10,12H2,1-2H3,(H,23,24);1H. The van der Waals surface area contributed by atoms with E-state index in [1.807, 2.05) is 24.3 Å². The smallest absolute Gasteiger partial charge is 0.254 e. The van der Waals surface area contributed by atoms with Crippen LogP contribution in [0.2, 0.25) is 0 Å². The van der Waals surface area contributed by atoms with E-state index in [-0.39, 0.29) is 29.9 Å². The second-order valence-electron chi connectivity index (χ2n) is 6.47. The average molecular weight is 379 g/mol. The maximum atomic E-state index is 14.5. The number of rotatable bonds is 4. The van der Waals surface area contributed by atoms with E-state index < -0.39 is 5.82 Å². The number of hydrogen-bond acceptors (Lipinski definition) is 3. The van der Waals surface area contributed by atoms with Crippen LogP contribution in [0.5, 0.6) is 5.75 Å². The van der Waals surface area contributed by atoms with Gasteiger partial charge < -0.3 is 15.4 Å². The summed E-state index contributed by atoms with van der Waals surface area (Å²) in [4.78, 5) is 12.4. The molecule has 6 heteroatoms. The fourth-order valence-electron chi connectivity index (χ4n) is 3.09. The molecule has 0 bridgehead atoms. The number of methoxy groups -OCH3 is 1. The van der Waals surface area contributed by atoms with Crippen molar-refractivity contribution in [3.05, 3.63) is 53.8 Å². The zero-order chi connectivity index (χ0) is 17.8. The van der Waals surface area contributed by atoms with Gasteiger partial charge in [-0.05, 0) is 54.3 Å². The van der Waals surface area contributed by atoms with Gasteiger partial charge in [-0.1, -0.05) is 25.1 Å². The molecule has 0 aliphatic carbocycles. The third kappa shape index (κ3) is 4.54. The SMILES string of the molecule is COc1ccc(-c2ccc(C(=O)NC3CNCCC3C)c(F)c2)cc1.Cl. The van der Waals surface area contributed by atoms with E-state index in [1.54, 1.807) is 19.2 Å². The molecule has 0 radical (unpaired) electrons. The first-order valence-corrected chi connectivity index (χ1v) is 8.54. The van der Waals surface area contributed by atoms with Crippen molar-refractivity contribution in [3.63, 3.8) is 0 Å². The third-order valence-electron chi connectivity index (χ3n) is 4.78. The van der Waals surface area contributed by atoms with Crippen molar-refractivity contribution in [3.8, 4) is 16.9 Å². The van der Waals surface area contributed by atoms with Gasteiger partial charge in [0.1, 0.15) is 11.6 Å². The number of hydrogen-bond donors (Lipinski definition) is 2. The van der Waals surface area contributed by atoms with Crippen LogP contribution < -0.4 is 15.4 Å². The minimum Gasteiger partial charge on any atom is -0.497 e. The van der Waals surface area contributed by atoms with Gasteiger partial charge in [0.15, 0.2) is 0 Å². The van der Waals surface area contributed by atoms with E-state index in [2.05, 4.69) is 17.6 Å². The lowest BCUT2D eigenvalue weighted by molar-refractivity contribution is 0.0911. The molecule has 2 N–H and O–H groups in total. The van der Waals surface area contributed by atoms with Gasteiger partial charge in [0.2, 0.25) is 0 Å². The number of carbonyl (C=O) groups excluding carboxylic acids is 1. The van der Waals surface area contributed by atoms with Gasteiger partial charge >= 0.3 is 0 Å². The molecule has 1 fully saturated rings. The highest BCUT2D eigenvalue weighted by atomic mass is 35.5. The third-order valence-corrected chi connectivity index (χ3v) is 4.78. The number of piperidine rings is 1. The number of amides is 1. The number of nitrogens with one attached hydrogen (secondary N) is 2. The van der Waals surface area contributed by atoms with Crippen molar-refractivity contribution in [1.82, 2.24) is 10.6 Å². The summed E-state index contributed by atoms with van der Waals surface area (Å²) in [6.07, 6.45) is 1.00. The van der Waals surface area contributed by atoms with Crippen LogP contribution in [0.3, 0.4) is 0 Å². The van der Waals surface area contributed by atoms with Crippen LogP contribution in [0.1, 0.15) is 23.7 Å². The Kier molecular flexibility index (Phi) is 7.00. The molecule has 2 unspecified atom stereocenters. The number of halogens is 2. The summed E-state index contributed by atoms with van der Waals surface area (Å²) in [5.41, 5.74) is 1.68. The molecule has 3 rings (SSSR count). The Labute approximate surface area is 159 Å². The van der Waals surface area contributed by atoms with Crippen molar-refractivity contribution in [2.24, 2.45) is 5.92 Å². The van der Waals surface area contributed by atoms with Crippen LogP contribution in [-0.2, 0) is 0 Å². The van der Waals surface area contributed by atoms with E-state index in [1.165, 1.54) is 6.07 Å². The Morgan fingerprint density at radius 1 is 1.19 bits per heavy atom. The quantitative estimate of drug-likeness (QED) is 0.853. The molecular weight excluding hydrogens is 355 g/mol. The maximum absolute atomic E-state index is 14.5. The van der Waals surface area contributed by atoms with E-state index in [0.717, 1.165) is 36.4 Å². The Balaban J connectivity index is 0.00000243. The lowest BCUT2D eigenvalue weighted by Crippen LogP contribution is -2.50. The Hall–Kier alpha value is -2.11. The summed E-state index contributed by atoms with van der Waals surface area (Å²) in [5, 5.41) is 6.20. The zero-order valence-electron chi connectivity index (χ0n) is 14.9. The predicted molar refractivity (Wildman–Crippen MR) is 104 cm³/mol. The predicted octanol–water partition coefficient (Wildman–Crippen LogP) is 3.65. The molecule has 4 nitrogen and oxygen atoms in total. The summed E-state index contributed by atoms with van der Waals surface area (Å²) < 4.78 is 19.6. The Morgan fingerprint density at radius 2 is 1.88 bits per heavy atom. The lowest BCUT2D eigenvalue weighted by Gasteiger charge is -2.30. The van der Waals surface area contributed by atoms with E-state index >= 15 is 0 Å². The van der Waals surface area contributed by atoms with Crippen LogP contribution in [0.4, 0.5) is 4.39 Å². The van der Waals surface area contributed by atoms with Crippen molar-refractivity contribution in [2.75, 3.05) is 20.2 Å². The van der Waals surface area contributed by atoms with Crippen LogP contribution >= 0.6 is 12.4 Å². The molecule has 1 amide bonds. The summed E-state index contributed by atoms with van der Waals surface area (Å²) >= 11 is 0. The number of ether oxygens (including phenoxy) is 1. The highest BCUT2D eigenvalue weighted by molar-refractivity contribution is 5.95. The fraction of sp³-hybridized carbons (Fsp3) is 0.350. The van der Waals surface area contributed by atoms with Crippen molar-refractivity contribution in [1.29, 1.82) is 0 Å². The van der Waals surface area contributed by atoms with Gasteiger partial charge in [-0.25, -0.2) is 4.39 Å². The van der Waals surface area contributed by atoms with Crippen LogP contribution in [0.25, 0.3) is 11.1 Å². The van der Waals surface area contributed by atoms with Crippen LogP contribution in [0.15, 0.2) is 42.5 Å². The Bertz CT molecular complexity index is 752. The van der Waals surface area contributed by atoms with Crippen molar-refractivity contribution in [2.45, 2.75) is 19.4 Å². The fourth-order valence-corrected chi connectivity index (χ4v) is 3.09. The molecule has 2 atom stereocenters. The summed E-state index contributed by atoms with van der Waals surface area (Å²) in [7, 11) is 1.60. The molecule has 2 aromatic carbocycles. The molecule has 140 valence electrons. The second kappa shape index (κ2) is 9.01. The van der Waals surface area contributed by atoms with Gasteiger partial charge in [-0.3, -0.25) is 4.79 Å².